The van der Waals surface area contributed by atoms with E-state index < -0.39 is 10.8 Å². The van der Waals surface area contributed by atoms with Crippen LogP contribution in [-0.4, -0.2) is 22.8 Å². The Kier molecular flexibility index (Phi) is 4.55. The number of benzene rings is 1. The molecule has 0 spiro atoms. The Hall–Kier alpha value is -1.10. The zero-order valence-corrected chi connectivity index (χ0v) is 9.44. The van der Waals surface area contributed by atoms with E-state index in [2.05, 4.69) is 5.32 Å². The summed E-state index contributed by atoms with van der Waals surface area (Å²) >= 11 is 0. The Morgan fingerprint density at radius 1 is 1.53 bits per heavy atom. The topological polar surface area (TPSA) is 55.1 Å². The van der Waals surface area contributed by atoms with Crippen LogP contribution in [0.25, 0.3) is 0 Å². The van der Waals surface area contributed by atoms with E-state index in [1.165, 1.54) is 18.2 Å². The van der Waals surface area contributed by atoms with E-state index in [9.17, 15) is 8.60 Å². The number of anilines is 2. The molecule has 5 heteroatoms. The summed E-state index contributed by atoms with van der Waals surface area (Å²) < 4.78 is 23.6. The van der Waals surface area contributed by atoms with Crippen molar-refractivity contribution in [1.29, 1.82) is 0 Å². The first-order valence-electron chi connectivity index (χ1n) is 4.68. The minimum atomic E-state index is -0.779. The lowest BCUT2D eigenvalue weighted by molar-refractivity contribution is 0.628. The fourth-order valence-electron chi connectivity index (χ4n) is 1.18. The molecule has 1 unspecified atom stereocenters. The summed E-state index contributed by atoms with van der Waals surface area (Å²) in [5.41, 5.74) is 6.76. The highest BCUT2D eigenvalue weighted by molar-refractivity contribution is 7.84. The van der Waals surface area contributed by atoms with Gasteiger partial charge in [-0.15, -0.1) is 0 Å². The number of nitrogen functional groups attached to an aromatic ring is 1. The largest absolute Gasteiger partial charge is 0.397 e. The van der Waals surface area contributed by atoms with Crippen LogP contribution in [0.4, 0.5) is 15.8 Å². The van der Waals surface area contributed by atoms with Gasteiger partial charge in [-0.2, -0.15) is 0 Å². The van der Waals surface area contributed by atoms with Crippen LogP contribution in [0, 0.1) is 5.82 Å². The third-order valence-electron chi connectivity index (χ3n) is 1.94. The molecule has 3 N–H and O–H groups in total. The fourth-order valence-corrected chi connectivity index (χ4v) is 1.73. The highest BCUT2D eigenvalue weighted by Crippen LogP contribution is 2.18. The molecule has 0 radical (unpaired) electrons. The van der Waals surface area contributed by atoms with Crippen LogP contribution in [0.5, 0.6) is 0 Å². The maximum absolute atomic E-state index is 12.8. The Bertz CT molecular complexity index is 357. The Labute approximate surface area is 91.3 Å². The normalized spacial score (nSPS) is 12.4. The summed E-state index contributed by atoms with van der Waals surface area (Å²) in [6.07, 6.45) is 2.44. The fraction of sp³-hybridized carbons (Fsp3) is 0.400. The van der Waals surface area contributed by atoms with Gasteiger partial charge >= 0.3 is 0 Å². The molecule has 0 fully saturated rings. The van der Waals surface area contributed by atoms with Crippen molar-refractivity contribution >= 4 is 22.2 Å². The van der Waals surface area contributed by atoms with Gasteiger partial charge in [0.15, 0.2) is 0 Å². The van der Waals surface area contributed by atoms with E-state index in [1.54, 1.807) is 6.26 Å². The maximum Gasteiger partial charge on any atom is 0.125 e. The van der Waals surface area contributed by atoms with Crippen LogP contribution in [0.15, 0.2) is 18.2 Å². The molecule has 0 saturated heterocycles. The van der Waals surface area contributed by atoms with Crippen molar-refractivity contribution in [3.05, 3.63) is 24.0 Å². The van der Waals surface area contributed by atoms with E-state index in [-0.39, 0.29) is 5.82 Å². The number of nitrogens with two attached hydrogens (primary N) is 1. The third-order valence-corrected chi connectivity index (χ3v) is 2.80. The van der Waals surface area contributed by atoms with Gasteiger partial charge < -0.3 is 11.1 Å². The van der Waals surface area contributed by atoms with Crippen molar-refractivity contribution in [2.24, 2.45) is 0 Å². The summed E-state index contributed by atoms with van der Waals surface area (Å²) in [5.74, 6) is 0.327. The Morgan fingerprint density at radius 3 is 2.93 bits per heavy atom. The van der Waals surface area contributed by atoms with Gasteiger partial charge in [0.25, 0.3) is 0 Å². The molecule has 0 heterocycles. The van der Waals surface area contributed by atoms with Gasteiger partial charge in [0.1, 0.15) is 5.82 Å². The van der Waals surface area contributed by atoms with Gasteiger partial charge in [0, 0.05) is 29.4 Å². The molecule has 1 aromatic rings. The standard InChI is InChI=1S/C10H15FN2OS/c1-15(14)6-2-5-13-10-7-8(11)3-4-9(10)12/h3-4,7,13H,2,5-6,12H2,1H3. The Morgan fingerprint density at radius 2 is 2.27 bits per heavy atom. The molecule has 84 valence electrons. The molecule has 15 heavy (non-hydrogen) atoms. The van der Waals surface area contributed by atoms with Crippen molar-refractivity contribution in [3.63, 3.8) is 0 Å². The number of hydrogen-bond donors (Lipinski definition) is 2. The van der Waals surface area contributed by atoms with Crippen molar-refractivity contribution in [1.82, 2.24) is 0 Å². The summed E-state index contributed by atoms with van der Waals surface area (Å²) in [4.78, 5) is 0. The van der Waals surface area contributed by atoms with Crippen LogP contribution in [-0.2, 0) is 10.8 Å². The second-order valence-electron chi connectivity index (χ2n) is 3.29. The molecular formula is C10H15FN2OS. The summed E-state index contributed by atoms with van der Waals surface area (Å²) in [7, 11) is -0.779. The SMILES string of the molecule is CS(=O)CCCNc1cc(F)ccc1N. The van der Waals surface area contributed by atoms with Crippen LogP contribution in [0.1, 0.15) is 6.42 Å². The van der Waals surface area contributed by atoms with Crippen LogP contribution < -0.4 is 11.1 Å². The van der Waals surface area contributed by atoms with Gasteiger partial charge in [-0.25, -0.2) is 4.39 Å². The van der Waals surface area contributed by atoms with Crippen LogP contribution in [0.3, 0.4) is 0 Å². The van der Waals surface area contributed by atoms with E-state index in [4.69, 9.17) is 5.73 Å². The monoisotopic (exact) mass is 230 g/mol. The molecule has 0 aliphatic rings. The second-order valence-corrected chi connectivity index (χ2v) is 4.84. The Balaban J connectivity index is 2.43. The first-order chi connectivity index (χ1) is 7.09. The van der Waals surface area contributed by atoms with E-state index >= 15 is 0 Å². The summed E-state index contributed by atoms with van der Waals surface area (Å²) in [5, 5.41) is 3.01. The molecule has 1 aromatic carbocycles. The number of rotatable bonds is 5. The van der Waals surface area contributed by atoms with Crippen molar-refractivity contribution in [3.8, 4) is 0 Å². The number of hydrogen-bond acceptors (Lipinski definition) is 3. The van der Waals surface area contributed by atoms with Gasteiger partial charge in [0.05, 0.1) is 11.4 Å². The highest BCUT2D eigenvalue weighted by Gasteiger charge is 2.00. The van der Waals surface area contributed by atoms with E-state index in [0.29, 0.717) is 23.7 Å². The molecule has 0 aliphatic heterocycles. The average Bonchev–Trinajstić information content (AvgIpc) is 2.17. The van der Waals surface area contributed by atoms with Crippen LogP contribution in [0.2, 0.25) is 0 Å². The maximum atomic E-state index is 12.8. The first-order valence-corrected chi connectivity index (χ1v) is 6.41. The first kappa shape index (κ1) is 12.0. The number of nitrogens with one attached hydrogen (secondary N) is 1. The van der Waals surface area contributed by atoms with Gasteiger partial charge in [-0.3, -0.25) is 4.21 Å². The molecule has 0 amide bonds. The van der Waals surface area contributed by atoms with Crippen LogP contribution >= 0.6 is 0 Å². The lowest BCUT2D eigenvalue weighted by atomic mass is 10.2. The summed E-state index contributed by atoms with van der Waals surface area (Å²) in [6, 6.07) is 4.20. The van der Waals surface area contributed by atoms with Crippen molar-refractivity contribution in [2.75, 3.05) is 29.6 Å². The quantitative estimate of drug-likeness (QED) is 0.596. The average molecular weight is 230 g/mol. The lowest BCUT2D eigenvalue weighted by Gasteiger charge is -2.08. The predicted molar refractivity (Wildman–Crippen MR) is 62.9 cm³/mol. The zero-order valence-electron chi connectivity index (χ0n) is 8.63. The molecule has 0 bridgehead atoms. The predicted octanol–water partition coefficient (Wildman–Crippen LogP) is 1.59. The van der Waals surface area contributed by atoms with Crippen molar-refractivity contribution in [2.45, 2.75) is 6.42 Å². The molecular weight excluding hydrogens is 215 g/mol. The highest BCUT2D eigenvalue weighted by atomic mass is 32.2. The second kappa shape index (κ2) is 5.70. The van der Waals surface area contributed by atoms with Gasteiger partial charge in [-0.05, 0) is 24.6 Å². The minimum absolute atomic E-state index is 0.314. The molecule has 1 rings (SSSR count). The summed E-state index contributed by atoms with van der Waals surface area (Å²) in [6.45, 7) is 0.646. The minimum Gasteiger partial charge on any atom is -0.397 e. The molecule has 0 saturated carbocycles. The molecule has 0 aromatic heterocycles. The molecule has 0 aliphatic carbocycles. The third kappa shape index (κ3) is 4.29. The van der Waals surface area contributed by atoms with E-state index in [1.807, 2.05) is 0 Å². The lowest BCUT2D eigenvalue weighted by Crippen LogP contribution is -2.07. The number of halogens is 1. The molecule has 3 nitrogen and oxygen atoms in total. The van der Waals surface area contributed by atoms with Crippen molar-refractivity contribution < 1.29 is 8.60 Å². The van der Waals surface area contributed by atoms with Gasteiger partial charge in [0.2, 0.25) is 0 Å². The van der Waals surface area contributed by atoms with E-state index in [0.717, 1.165) is 6.42 Å². The zero-order chi connectivity index (χ0) is 11.3. The smallest absolute Gasteiger partial charge is 0.125 e. The van der Waals surface area contributed by atoms with Gasteiger partial charge in [-0.1, -0.05) is 0 Å². The molecule has 1 atom stereocenters.